The van der Waals surface area contributed by atoms with E-state index in [0.717, 1.165) is 5.70 Å². The second-order valence-electron chi connectivity index (χ2n) is 3.91. The predicted octanol–water partition coefficient (Wildman–Crippen LogP) is 3.01. The average Bonchev–Trinajstić information content (AvgIpc) is 2.15. The van der Waals surface area contributed by atoms with Crippen LogP contribution in [0.5, 0.6) is 0 Å². The molecule has 0 N–H and O–H groups in total. The molecule has 80 valence electrons. The van der Waals surface area contributed by atoms with Gasteiger partial charge in [0.2, 0.25) is 0 Å². The Kier molecular flexibility index (Phi) is 3.67. The molecule has 0 aromatic heterocycles. The molecule has 0 radical (unpaired) electrons. The van der Waals surface area contributed by atoms with E-state index in [9.17, 15) is 4.79 Å². The fourth-order valence-electron chi connectivity index (χ4n) is 1.40. The molecule has 0 saturated heterocycles. The van der Waals surface area contributed by atoms with Crippen molar-refractivity contribution in [2.75, 3.05) is 0 Å². The SMILES string of the molecule is C=C1C=CC=CN1/C(=C\C(C)C)C(C)=O. The zero-order valence-electron chi connectivity index (χ0n) is 9.53. The van der Waals surface area contributed by atoms with Gasteiger partial charge in [-0.1, -0.05) is 32.6 Å². The Morgan fingerprint density at radius 1 is 1.47 bits per heavy atom. The van der Waals surface area contributed by atoms with Crippen molar-refractivity contribution < 1.29 is 4.79 Å². The maximum Gasteiger partial charge on any atom is 0.176 e. The summed E-state index contributed by atoms with van der Waals surface area (Å²) >= 11 is 0. The normalized spacial score (nSPS) is 16.4. The summed E-state index contributed by atoms with van der Waals surface area (Å²) in [4.78, 5) is 13.3. The number of rotatable bonds is 3. The standard InChI is InChI=1S/C13H17NO/c1-10(2)9-13(12(4)15)14-8-6-5-7-11(14)3/h5-10H,3H2,1-2,4H3/b13-9-. The van der Waals surface area contributed by atoms with Crippen molar-refractivity contribution >= 4 is 5.78 Å². The van der Waals surface area contributed by atoms with Gasteiger partial charge in [-0.25, -0.2) is 0 Å². The Hall–Kier alpha value is -1.57. The number of allylic oxidation sites excluding steroid dienone is 5. The van der Waals surface area contributed by atoms with Crippen LogP contribution in [0.2, 0.25) is 0 Å². The van der Waals surface area contributed by atoms with Crippen LogP contribution in [-0.2, 0) is 4.79 Å². The molecule has 0 atom stereocenters. The second-order valence-corrected chi connectivity index (χ2v) is 3.91. The molecule has 0 bridgehead atoms. The Morgan fingerprint density at radius 2 is 2.13 bits per heavy atom. The summed E-state index contributed by atoms with van der Waals surface area (Å²) in [5.41, 5.74) is 1.51. The highest BCUT2D eigenvalue weighted by molar-refractivity contribution is 5.93. The largest absolute Gasteiger partial charge is 0.315 e. The first-order valence-electron chi connectivity index (χ1n) is 5.08. The van der Waals surface area contributed by atoms with Gasteiger partial charge in [0.15, 0.2) is 5.78 Å². The van der Waals surface area contributed by atoms with Gasteiger partial charge in [0.25, 0.3) is 0 Å². The van der Waals surface area contributed by atoms with Crippen molar-refractivity contribution in [2.24, 2.45) is 5.92 Å². The summed E-state index contributed by atoms with van der Waals surface area (Å²) in [5.74, 6) is 0.404. The van der Waals surface area contributed by atoms with E-state index in [4.69, 9.17) is 0 Å². The van der Waals surface area contributed by atoms with E-state index < -0.39 is 0 Å². The van der Waals surface area contributed by atoms with E-state index in [2.05, 4.69) is 20.4 Å². The van der Waals surface area contributed by atoms with Crippen LogP contribution in [0, 0.1) is 5.92 Å². The van der Waals surface area contributed by atoms with Gasteiger partial charge in [0, 0.05) is 18.8 Å². The molecule has 0 amide bonds. The Balaban J connectivity index is 3.00. The highest BCUT2D eigenvalue weighted by Crippen LogP contribution is 2.19. The van der Waals surface area contributed by atoms with Crippen molar-refractivity contribution in [3.05, 3.63) is 48.5 Å². The molecule has 1 aliphatic rings. The number of Topliss-reactive ketones (excluding diaryl/α,β-unsaturated/α-hetero) is 1. The van der Waals surface area contributed by atoms with Crippen LogP contribution < -0.4 is 0 Å². The lowest BCUT2D eigenvalue weighted by atomic mass is 10.1. The number of carbonyl (C=O) groups excluding carboxylic acids is 1. The van der Waals surface area contributed by atoms with Gasteiger partial charge in [0.1, 0.15) is 0 Å². The first-order chi connectivity index (χ1) is 7.02. The molecule has 0 spiro atoms. The highest BCUT2D eigenvalue weighted by atomic mass is 16.1. The van der Waals surface area contributed by atoms with Crippen molar-refractivity contribution in [2.45, 2.75) is 20.8 Å². The van der Waals surface area contributed by atoms with Gasteiger partial charge in [-0.05, 0) is 18.1 Å². The fourth-order valence-corrected chi connectivity index (χ4v) is 1.40. The first kappa shape index (κ1) is 11.5. The minimum Gasteiger partial charge on any atom is -0.315 e. The highest BCUT2D eigenvalue weighted by Gasteiger charge is 2.14. The maximum atomic E-state index is 11.5. The molecule has 1 aliphatic heterocycles. The molecule has 0 unspecified atom stereocenters. The van der Waals surface area contributed by atoms with Crippen LogP contribution in [0.1, 0.15) is 20.8 Å². The molecule has 0 fully saturated rings. The van der Waals surface area contributed by atoms with Crippen molar-refractivity contribution in [3.8, 4) is 0 Å². The monoisotopic (exact) mass is 203 g/mol. The molecular formula is C13H17NO. The molecule has 0 aromatic carbocycles. The summed E-state index contributed by atoms with van der Waals surface area (Å²) in [6.07, 6.45) is 9.50. The third-order valence-corrected chi connectivity index (χ3v) is 2.06. The fraction of sp³-hybridized carbons (Fsp3) is 0.308. The predicted molar refractivity (Wildman–Crippen MR) is 62.9 cm³/mol. The van der Waals surface area contributed by atoms with Crippen LogP contribution in [0.25, 0.3) is 0 Å². The lowest BCUT2D eigenvalue weighted by Gasteiger charge is -2.24. The van der Waals surface area contributed by atoms with Crippen LogP contribution in [-0.4, -0.2) is 10.7 Å². The van der Waals surface area contributed by atoms with Gasteiger partial charge >= 0.3 is 0 Å². The van der Waals surface area contributed by atoms with Gasteiger partial charge < -0.3 is 4.90 Å². The van der Waals surface area contributed by atoms with Gasteiger partial charge in [-0.3, -0.25) is 4.79 Å². The third kappa shape index (κ3) is 2.94. The van der Waals surface area contributed by atoms with Gasteiger partial charge in [0.05, 0.1) is 5.70 Å². The van der Waals surface area contributed by atoms with Crippen LogP contribution in [0.3, 0.4) is 0 Å². The lowest BCUT2D eigenvalue weighted by molar-refractivity contribution is -0.114. The lowest BCUT2D eigenvalue weighted by Crippen LogP contribution is -2.21. The summed E-state index contributed by atoms with van der Waals surface area (Å²) < 4.78 is 0. The summed E-state index contributed by atoms with van der Waals surface area (Å²) in [6.45, 7) is 9.58. The Labute approximate surface area is 91.3 Å². The first-order valence-corrected chi connectivity index (χ1v) is 5.08. The van der Waals surface area contributed by atoms with E-state index in [1.807, 2.05) is 35.4 Å². The van der Waals surface area contributed by atoms with E-state index in [1.54, 1.807) is 6.92 Å². The van der Waals surface area contributed by atoms with E-state index in [1.165, 1.54) is 0 Å². The molecule has 2 nitrogen and oxygen atoms in total. The quantitative estimate of drug-likeness (QED) is 0.657. The molecule has 1 heterocycles. The van der Waals surface area contributed by atoms with Crippen LogP contribution in [0.15, 0.2) is 48.5 Å². The Morgan fingerprint density at radius 3 is 2.60 bits per heavy atom. The summed E-state index contributed by atoms with van der Waals surface area (Å²) in [7, 11) is 0. The number of ketones is 1. The molecule has 2 heteroatoms. The van der Waals surface area contributed by atoms with E-state index >= 15 is 0 Å². The minimum absolute atomic E-state index is 0.0600. The zero-order chi connectivity index (χ0) is 11.4. The summed E-state index contributed by atoms with van der Waals surface area (Å²) in [5, 5.41) is 0. The summed E-state index contributed by atoms with van der Waals surface area (Å²) in [6, 6.07) is 0. The minimum atomic E-state index is 0.0600. The molecule has 15 heavy (non-hydrogen) atoms. The molecule has 1 rings (SSSR count). The maximum absolute atomic E-state index is 11.5. The van der Waals surface area contributed by atoms with E-state index in [-0.39, 0.29) is 5.78 Å². The molecule has 0 saturated carbocycles. The molecular weight excluding hydrogens is 186 g/mol. The number of nitrogens with zero attached hydrogens (tertiary/aromatic N) is 1. The van der Waals surface area contributed by atoms with Gasteiger partial charge in [-0.2, -0.15) is 0 Å². The number of hydrogen-bond acceptors (Lipinski definition) is 2. The number of hydrogen-bond donors (Lipinski definition) is 0. The number of carbonyl (C=O) groups is 1. The van der Waals surface area contributed by atoms with Crippen molar-refractivity contribution in [1.82, 2.24) is 4.90 Å². The Bertz CT molecular complexity index is 359. The second kappa shape index (κ2) is 4.78. The smallest absolute Gasteiger partial charge is 0.176 e. The van der Waals surface area contributed by atoms with Gasteiger partial charge in [-0.15, -0.1) is 0 Å². The zero-order valence-corrected chi connectivity index (χ0v) is 9.53. The van der Waals surface area contributed by atoms with Crippen LogP contribution in [0.4, 0.5) is 0 Å². The third-order valence-electron chi connectivity index (χ3n) is 2.06. The average molecular weight is 203 g/mol. The van der Waals surface area contributed by atoms with Crippen LogP contribution >= 0.6 is 0 Å². The van der Waals surface area contributed by atoms with Crippen molar-refractivity contribution in [1.29, 1.82) is 0 Å². The molecule has 0 aromatic rings. The topological polar surface area (TPSA) is 20.3 Å². The van der Waals surface area contributed by atoms with E-state index in [0.29, 0.717) is 11.6 Å². The molecule has 0 aliphatic carbocycles. The van der Waals surface area contributed by atoms with Crippen molar-refractivity contribution in [3.63, 3.8) is 0 Å².